The molecule has 1 aliphatic carbocycles. The van der Waals surface area contributed by atoms with E-state index in [1.165, 1.54) is 32.1 Å². The van der Waals surface area contributed by atoms with Gasteiger partial charge in [0.2, 0.25) is 0 Å². The van der Waals surface area contributed by atoms with Gasteiger partial charge in [0.1, 0.15) is 0 Å². The van der Waals surface area contributed by atoms with Gasteiger partial charge in [-0.15, -0.1) is 0 Å². The topological polar surface area (TPSA) is 23.5 Å². The average Bonchev–Trinajstić information content (AvgIpc) is 2.19. The Kier molecular flexibility index (Phi) is 4.39. The summed E-state index contributed by atoms with van der Waals surface area (Å²) in [5, 5.41) is 10.3. The second-order valence-electron chi connectivity index (χ2n) is 4.86. The Morgan fingerprint density at radius 1 is 1.21 bits per heavy atom. The van der Waals surface area contributed by atoms with Crippen LogP contribution >= 0.6 is 0 Å². The average molecular weight is 199 g/mol. The molecule has 2 heteroatoms. The molecule has 0 amide bonds. The Balaban J connectivity index is 2.69. The molecule has 0 spiro atoms. The van der Waals surface area contributed by atoms with Crippen LogP contribution in [0.2, 0.25) is 0 Å². The molecule has 1 N–H and O–H groups in total. The lowest BCUT2D eigenvalue weighted by Crippen LogP contribution is -2.54. The molecule has 0 saturated heterocycles. The van der Waals surface area contributed by atoms with Crippen molar-refractivity contribution in [2.45, 2.75) is 63.5 Å². The van der Waals surface area contributed by atoms with Crippen LogP contribution in [0.5, 0.6) is 0 Å². The minimum Gasteiger partial charge on any atom is -0.391 e. The van der Waals surface area contributed by atoms with E-state index in [1.54, 1.807) is 0 Å². The van der Waals surface area contributed by atoms with Crippen molar-refractivity contribution in [1.82, 2.24) is 4.90 Å². The number of aliphatic hydroxyl groups excluding tert-OH is 1. The van der Waals surface area contributed by atoms with Crippen LogP contribution in [0.4, 0.5) is 0 Å². The SMILES string of the molecule is CCCC(O)C1(N(C)C)CCCCC1. The first kappa shape index (κ1) is 12.0. The summed E-state index contributed by atoms with van der Waals surface area (Å²) in [7, 11) is 4.23. The van der Waals surface area contributed by atoms with E-state index in [4.69, 9.17) is 0 Å². The number of hydrogen-bond donors (Lipinski definition) is 1. The predicted molar refractivity (Wildman–Crippen MR) is 60.4 cm³/mol. The zero-order valence-electron chi connectivity index (χ0n) is 9.92. The maximum atomic E-state index is 10.3. The molecule has 0 bridgehead atoms. The minimum absolute atomic E-state index is 0.0776. The van der Waals surface area contributed by atoms with Crippen LogP contribution in [0.3, 0.4) is 0 Å². The second kappa shape index (κ2) is 5.13. The molecule has 14 heavy (non-hydrogen) atoms. The molecule has 1 fully saturated rings. The smallest absolute Gasteiger partial charge is 0.0723 e. The van der Waals surface area contributed by atoms with E-state index in [-0.39, 0.29) is 11.6 Å². The maximum Gasteiger partial charge on any atom is 0.0723 e. The van der Waals surface area contributed by atoms with Crippen LogP contribution in [0.1, 0.15) is 51.9 Å². The van der Waals surface area contributed by atoms with Crippen LogP contribution in [0.25, 0.3) is 0 Å². The molecule has 0 heterocycles. The standard InChI is InChI=1S/C12H25NO/c1-4-8-11(14)12(13(2)3)9-6-5-7-10-12/h11,14H,4-10H2,1-3H3. The van der Waals surface area contributed by atoms with Crippen molar-refractivity contribution in [2.24, 2.45) is 0 Å². The Hall–Kier alpha value is -0.0800. The molecule has 0 aromatic carbocycles. The predicted octanol–water partition coefficient (Wildman–Crippen LogP) is 2.41. The Bertz CT molecular complexity index is 162. The van der Waals surface area contributed by atoms with Gasteiger partial charge >= 0.3 is 0 Å². The minimum atomic E-state index is -0.136. The lowest BCUT2D eigenvalue weighted by Gasteiger charge is -2.46. The third kappa shape index (κ3) is 2.29. The van der Waals surface area contributed by atoms with Crippen LogP contribution in [-0.4, -0.2) is 35.7 Å². The highest BCUT2D eigenvalue weighted by Gasteiger charge is 2.40. The summed E-state index contributed by atoms with van der Waals surface area (Å²) in [5.74, 6) is 0. The van der Waals surface area contributed by atoms with Crippen molar-refractivity contribution >= 4 is 0 Å². The largest absolute Gasteiger partial charge is 0.391 e. The van der Waals surface area contributed by atoms with E-state index in [0.29, 0.717) is 0 Å². The molecule has 0 aromatic heterocycles. The number of rotatable bonds is 4. The van der Waals surface area contributed by atoms with Gasteiger partial charge in [-0.3, -0.25) is 0 Å². The molecule has 1 unspecified atom stereocenters. The summed E-state index contributed by atoms with van der Waals surface area (Å²) in [6, 6.07) is 0. The Morgan fingerprint density at radius 3 is 2.21 bits per heavy atom. The first-order valence-corrected chi connectivity index (χ1v) is 5.99. The fourth-order valence-corrected chi connectivity index (χ4v) is 2.78. The molecule has 1 rings (SSSR count). The molecule has 0 radical (unpaired) electrons. The van der Waals surface area contributed by atoms with E-state index in [2.05, 4.69) is 25.9 Å². The van der Waals surface area contributed by atoms with Crippen molar-refractivity contribution in [2.75, 3.05) is 14.1 Å². The quantitative estimate of drug-likeness (QED) is 0.751. The summed E-state index contributed by atoms with van der Waals surface area (Å²) >= 11 is 0. The van der Waals surface area contributed by atoms with Gasteiger partial charge in [-0.2, -0.15) is 0 Å². The highest BCUT2D eigenvalue weighted by Crippen LogP contribution is 2.36. The van der Waals surface area contributed by atoms with Gasteiger partial charge in [0.15, 0.2) is 0 Å². The van der Waals surface area contributed by atoms with Gasteiger partial charge in [0, 0.05) is 5.54 Å². The first-order chi connectivity index (χ1) is 6.63. The molecule has 1 atom stereocenters. The third-order valence-corrected chi connectivity index (χ3v) is 3.79. The highest BCUT2D eigenvalue weighted by atomic mass is 16.3. The summed E-state index contributed by atoms with van der Waals surface area (Å²) < 4.78 is 0. The summed E-state index contributed by atoms with van der Waals surface area (Å²) in [6.07, 6.45) is 8.12. The monoisotopic (exact) mass is 199 g/mol. The number of hydrogen-bond acceptors (Lipinski definition) is 2. The number of aliphatic hydroxyl groups is 1. The van der Waals surface area contributed by atoms with Crippen LogP contribution in [0.15, 0.2) is 0 Å². The van der Waals surface area contributed by atoms with E-state index in [1.807, 2.05) is 0 Å². The molecule has 1 saturated carbocycles. The fraction of sp³-hybridized carbons (Fsp3) is 1.00. The molecule has 2 nitrogen and oxygen atoms in total. The lowest BCUT2D eigenvalue weighted by molar-refractivity contribution is -0.0357. The van der Waals surface area contributed by atoms with Crippen LogP contribution < -0.4 is 0 Å². The molecule has 0 aliphatic heterocycles. The van der Waals surface area contributed by atoms with Crippen molar-refractivity contribution in [3.63, 3.8) is 0 Å². The zero-order valence-corrected chi connectivity index (χ0v) is 9.92. The van der Waals surface area contributed by atoms with E-state index >= 15 is 0 Å². The van der Waals surface area contributed by atoms with Gasteiger partial charge < -0.3 is 10.0 Å². The van der Waals surface area contributed by atoms with E-state index < -0.39 is 0 Å². The Morgan fingerprint density at radius 2 is 1.79 bits per heavy atom. The number of nitrogens with zero attached hydrogens (tertiary/aromatic N) is 1. The summed E-state index contributed by atoms with van der Waals surface area (Å²) in [4.78, 5) is 2.26. The van der Waals surface area contributed by atoms with Crippen molar-refractivity contribution < 1.29 is 5.11 Å². The first-order valence-electron chi connectivity index (χ1n) is 5.99. The molecular formula is C12H25NO. The van der Waals surface area contributed by atoms with Gasteiger partial charge in [0.05, 0.1) is 6.10 Å². The van der Waals surface area contributed by atoms with Gasteiger partial charge in [0.25, 0.3) is 0 Å². The van der Waals surface area contributed by atoms with Crippen molar-refractivity contribution in [3.8, 4) is 0 Å². The maximum absolute atomic E-state index is 10.3. The third-order valence-electron chi connectivity index (χ3n) is 3.79. The van der Waals surface area contributed by atoms with Crippen LogP contribution in [-0.2, 0) is 0 Å². The molecule has 1 aliphatic rings. The zero-order chi connectivity index (χ0) is 10.6. The van der Waals surface area contributed by atoms with Crippen LogP contribution in [0, 0.1) is 0 Å². The lowest BCUT2D eigenvalue weighted by atomic mass is 9.75. The van der Waals surface area contributed by atoms with Gasteiger partial charge in [-0.05, 0) is 33.4 Å². The number of likely N-dealkylation sites (N-methyl/N-ethyl adjacent to an activating group) is 1. The molecule has 0 aromatic rings. The van der Waals surface area contributed by atoms with Crippen molar-refractivity contribution in [3.05, 3.63) is 0 Å². The summed E-state index contributed by atoms with van der Waals surface area (Å²) in [6.45, 7) is 2.15. The van der Waals surface area contributed by atoms with Crippen molar-refractivity contribution in [1.29, 1.82) is 0 Å². The molecular weight excluding hydrogens is 174 g/mol. The Labute approximate surface area is 88.3 Å². The molecule has 84 valence electrons. The van der Waals surface area contributed by atoms with E-state index in [9.17, 15) is 5.11 Å². The highest BCUT2D eigenvalue weighted by molar-refractivity contribution is 4.96. The second-order valence-corrected chi connectivity index (χ2v) is 4.86. The fourth-order valence-electron chi connectivity index (χ4n) is 2.78. The van der Waals surface area contributed by atoms with Gasteiger partial charge in [-0.25, -0.2) is 0 Å². The normalized spacial score (nSPS) is 23.8. The van der Waals surface area contributed by atoms with Gasteiger partial charge in [-0.1, -0.05) is 32.6 Å². The summed E-state index contributed by atoms with van der Waals surface area (Å²) in [5.41, 5.74) is 0.0776. The van der Waals surface area contributed by atoms with E-state index in [0.717, 1.165) is 12.8 Å².